The van der Waals surface area contributed by atoms with Crippen molar-refractivity contribution in [1.82, 2.24) is 0 Å². The van der Waals surface area contributed by atoms with E-state index < -0.39 is 0 Å². The van der Waals surface area contributed by atoms with Crippen LogP contribution in [0.5, 0.6) is 0 Å². The smallest absolute Gasteiger partial charge is 0.258 e. The lowest BCUT2D eigenvalue weighted by Crippen LogP contribution is -2.30. The lowest BCUT2D eigenvalue weighted by Gasteiger charge is -2.24. The van der Waals surface area contributed by atoms with E-state index in [1.807, 2.05) is 54.6 Å². The molecule has 4 aromatic carbocycles. The van der Waals surface area contributed by atoms with Crippen LogP contribution in [0.1, 0.15) is 21.5 Å². The highest BCUT2D eigenvalue weighted by atomic mass is 35.5. The molecule has 0 bridgehead atoms. The Kier molecular flexibility index (Phi) is 7.35. The van der Waals surface area contributed by atoms with Crippen LogP contribution in [0, 0.1) is 5.82 Å². The molecule has 1 N–H and O–H groups in total. The van der Waals surface area contributed by atoms with Crippen molar-refractivity contribution in [3.63, 3.8) is 0 Å². The number of anilines is 2. The van der Waals surface area contributed by atoms with E-state index in [4.69, 9.17) is 11.6 Å². The standard InChI is InChI=1S/C28H22ClFN2O2/c29-23-11-9-22(10-12-23)28(34)32(19-20-5-2-1-3-6-20)26-8-4-7-21(17-26)18-27(33)31-25-15-13-24(30)14-16-25/h1-17H,18-19H2,(H,31,33). The largest absolute Gasteiger partial charge is 0.326 e. The Hall–Kier alpha value is -3.96. The first-order valence-corrected chi connectivity index (χ1v) is 11.1. The van der Waals surface area contributed by atoms with Crippen LogP contribution in [-0.4, -0.2) is 11.8 Å². The van der Waals surface area contributed by atoms with E-state index in [1.54, 1.807) is 29.2 Å². The van der Waals surface area contributed by atoms with Crippen molar-refractivity contribution < 1.29 is 14.0 Å². The molecule has 0 heterocycles. The molecule has 0 aliphatic rings. The van der Waals surface area contributed by atoms with Crippen molar-refractivity contribution in [3.8, 4) is 0 Å². The number of rotatable bonds is 7. The number of hydrogen-bond acceptors (Lipinski definition) is 2. The van der Waals surface area contributed by atoms with Crippen molar-refractivity contribution in [2.45, 2.75) is 13.0 Å². The molecule has 0 spiro atoms. The summed E-state index contributed by atoms with van der Waals surface area (Å²) in [5, 5.41) is 3.32. The van der Waals surface area contributed by atoms with E-state index in [0.717, 1.165) is 11.1 Å². The molecule has 0 saturated heterocycles. The molecule has 2 amide bonds. The van der Waals surface area contributed by atoms with Crippen LogP contribution in [0.25, 0.3) is 0 Å². The van der Waals surface area contributed by atoms with Gasteiger partial charge in [-0.1, -0.05) is 54.1 Å². The number of carbonyl (C=O) groups excluding carboxylic acids is 2. The molecule has 6 heteroatoms. The first-order valence-electron chi connectivity index (χ1n) is 10.7. The van der Waals surface area contributed by atoms with Gasteiger partial charge >= 0.3 is 0 Å². The third-order valence-electron chi connectivity index (χ3n) is 5.23. The summed E-state index contributed by atoms with van der Waals surface area (Å²) in [6, 6.07) is 29.4. The minimum Gasteiger partial charge on any atom is -0.326 e. The highest BCUT2D eigenvalue weighted by Gasteiger charge is 2.19. The van der Waals surface area contributed by atoms with Gasteiger partial charge in [-0.25, -0.2) is 4.39 Å². The summed E-state index contributed by atoms with van der Waals surface area (Å²) >= 11 is 6.00. The van der Waals surface area contributed by atoms with Gasteiger partial charge in [0.1, 0.15) is 5.82 Å². The second kappa shape index (κ2) is 10.8. The van der Waals surface area contributed by atoms with Crippen molar-refractivity contribution >= 4 is 34.8 Å². The predicted molar refractivity (Wildman–Crippen MR) is 134 cm³/mol. The Labute approximate surface area is 202 Å². The zero-order chi connectivity index (χ0) is 23.9. The van der Waals surface area contributed by atoms with Gasteiger partial charge in [0.2, 0.25) is 5.91 Å². The summed E-state index contributed by atoms with van der Waals surface area (Å²) < 4.78 is 13.1. The third kappa shape index (κ3) is 6.09. The van der Waals surface area contributed by atoms with E-state index in [2.05, 4.69) is 5.32 Å². The number of benzene rings is 4. The van der Waals surface area contributed by atoms with Crippen molar-refractivity contribution in [2.75, 3.05) is 10.2 Å². The summed E-state index contributed by atoms with van der Waals surface area (Å²) in [4.78, 5) is 27.6. The quantitative estimate of drug-likeness (QED) is 0.333. The average molecular weight is 473 g/mol. The van der Waals surface area contributed by atoms with Crippen LogP contribution in [-0.2, 0) is 17.8 Å². The predicted octanol–water partition coefficient (Wildman–Crippen LogP) is 6.51. The highest BCUT2D eigenvalue weighted by Crippen LogP contribution is 2.23. The van der Waals surface area contributed by atoms with Gasteiger partial charge in [0.05, 0.1) is 13.0 Å². The molecule has 170 valence electrons. The van der Waals surface area contributed by atoms with E-state index in [9.17, 15) is 14.0 Å². The number of hydrogen-bond donors (Lipinski definition) is 1. The molecule has 0 radical (unpaired) electrons. The maximum Gasteiger partial charge on any atom is 0.258 e. The third-order valence-corrected chi connectivity index (χ3v) is 5.49. The summed E-state index contributed by atoms with van der Waals surface area (Å²) in [6.45, 7) is 0.369. The SMILES string of the molecule is O=C(Cc1cccc(N(Cc2ccccc2)C(=O)c2ccc(Cl)cc2)c1)Nc1ccc(F)cc1. The molecule has 4 rings (SSSR count). The van der Waals surface area contributed by atoms with Crippen LogP contribution < -0.4 is 10.2 Å². The molecule has 34 heavy (non-hydrogen) atoms. The Morgan fingerprint density at radius 1 is 0.794 bits per heavy atom. The van der Waals surface area contributed by atoms with Crippen molar-refractivity contribution in [1.29, 1.82) is 0 Å². The minimum absolute atomic E-state index is 0.111. The second-order valence-electron chi connectivity index (χ2n) is 7.79. The molecular formula is C28H22ClFN2O2. The van der Waals surface area contributed by atoms with Crippen molar-refractivity contribution in [3.05, 3.63) is 131 Å². The maximum atomic E-state index is 13.4. The molecule has 0 aliphatic carbocycles. The molecule has 0 atom stereocenters. The lowest BCUT2D eigenvalue weighted by atomic mass is 10.1. The first-order chi connectivity index (χ1) is 16.5. The van der Waals surface area contributed by atoms with Gasteiger partial charge in [0, 0.05) is 22.0 Å². The van der Waals surface area contributed by atoms with E-state index in [0.29, 0.717) is 28.5 Å². The fraction of sp³-hybridized carbons (Fsp3) is 0.0714. The Bertz CT molecular complexity index is 1280. The summed E-state index contributed by atoms with van der Waals surface area (Å²) in [7, 11) is 0. The number of halogens is 2. The number of amides is 2. The first kappa shape index (κ1) is 23.2. The molecular weight excluding hydrogens is 451 g/mol. The zero-order valence-electron chi connectivity index (χ0n) is 18.2. The topological polar surface area (TPSA) is 49.4 Å². The van der Waals surface area contributed by atoms with Gasteiger partial charge in [-0.2, -0.15) is 0 Å². The molecule has 0 aliphatic heterocycles. The van der Waals surface area contributed by atoms with Crippen LogP contribution in [0.3, 0.4) is 0 Å². The average Bonchev–Trinajstić information content (AvgIpc) is 2.85. The van der Waals surface area contributed by atoms with Crippen molar-refractivity contribution in [2.24, 2.45) is 0 Å². The minimum atomic E-state index is -0.366. The molecule has 0 saturated carbocycles. The van der Waals surface area contributed by atoms with Gasteiger partial charge in [-0.15, -0.1) is 0 Å². The molecule has 0 aromatic heterocycles. The lowest BCUT2D eigenvalue weighted by molar-refractivity contribution is -0.115. The fourth-order valence-electron chi connectivity index (χ4n) is 3.55. The maximum absolute atomic E-state index is 13.4. The van der Waals surface area contributed by atoms with E-state index in [1.165, 1.54) is 24.3 Å². The summed E-state index contributed by atoms with van der Waals surface area (Å²) in [6.07, 6.45) is 0.111. The monoisotopic (exact) mass is 472 g/mol. The van der Waals surface area contributed by atoms with Crippen LogP contribution in [0.2, 0.25) is 5.02 Å². The Morgan fingerprint density at radius 2 is 1.47 bits per heavy atom. The molecule has 0 unspecified atom stereocenters. The zero-order valence-corrected chi connectivity index (χ0v) is 19.0. The Morgan fingerprint density at radius 3 is 2.18 bits per heavy atom. The van der Waals surface area contributed by atoms with E-state index >= 15 is 0 Å². The highest BCUT2D eigenvalue weighted by molar-refractivity contribution is 6.30. The second-order valence-corrected chi connectivity index (χ2v) is 8.22. The van der Waals surface area contributed by atoms with Gasteiger partial charge in [0.25, 0.3) is 5.91 Å². The van der Waals surface area contributed by atoms with E-state index in [-0.39, 0.29) is 24.1 Å². The van der Waals surface area contributed by atoms with Gasteiger partial charge < -0.3 is 10.2 Å². The van der Waals surface area contributed by atoms with Crippen LogP contribution in [0.15, 0.2) is 103 Å². The molecule has 4 aromatic rings. The molecule has 0 fully saturated rings. The normalized spacial score (nSPS) is 10.5. The summed E-state index contributed by atoms with van der Waals surface area (Å²) in [5.74, 6) is -0.773. The van der Waals surface area contributed by atoms with Gasteiger partial charge in [-0.3, -0.25) is 9.59 Å². The van der Waals surface area contributed by atoms with Crippen LogP contribution >= 0.6 is 11.6 Å². The van der Waals surface area contributed by atoms with Crippen LogP contribution in [0.4, 0.5) is 15.8 Å². The van der Waals surface area contributed by atoms with Gasteiger partial charge in [0.15, 0.2) is 0 Å². The number of carbonyl (C=O) groups is 2. The molecule has 4 nitrogen and oxygen atoms in total. The van der Waals surface area contributed by atoms with Gasteiger partial charge in [-0.05, 0) is 71.8 Å². The fourth-order valence-corrected chi connectivity index (χ4v) is 3.68. The Balaban J connectivity index is 1.57. The summed E-state index contributed by atoms with van der Waals surface area (Å²) in [5.41, 5.74) is 3.44. The number of nitrogens with zero attached hydrogens (tertiary/aromatic N) is 1. The number of nitrogens with one attached hydrogen (secondary N) is 1.